The smallest absolute Gasteiger partial charge is 0.218 e. The highest BCUT2D eigenvalue weighted by molar-refractivity contribution is 9.10. The van der Waals surface area contributed by atoms with Gasteiger partial charge in [-0.25, -0.2) is 4.98 Å². The number of aromatic nitrogens is 3. The molecule has 0 amide bonds. The number of hydrogen-bond donors (Lipinski definition) is 0. The zero-order valence-electron chi connectivity index (χ0n) is 8.22. The Morgan fingerprint density at radius 1 is 1.53 bits per heavy atom. The molecule has 0 fully saturated rings. The summed E-state index contributed by atoms with van der Waals surface area (Å²) in [7, 11) is 1.61. The predicted octanol–water partition coefficient (Wildman–Crippen LogP) is 2.10. The maximum Gasteiger partial charge on any atom is 0.218 e. The molecule has 0 spiro atoms. The number of nitrogens with zero attached hydrogens (tertiary/aromatic N) is 3. The van der Waals surface area contributed by atoms with Crippen molar-refractivity contribution in [2.45, 2.75) is 6.54 Å². The Hall–Kier alpha value is -1.36. The van der Waals surface area contributed by atoms with E-state index in [0.29, 0.717) is 12.4 Å². The molecule has 2 rings (SSSR count). The van der Waals surface area contributed by atoms with Crippen LogP contribution in [0.4, 0.5) is 0 Å². The molecule has 2 aromatic heterocycles. The Labute approximate surface area is 96.0 Å². The third kappa shape index (κ3) is 2.36. The number of ether oxygens (including phenoxy) is 1. The maximum atomic E-state index is 5.18. The lowest BCUT2D eigenvalue weighted by Crippen LogP contribution is -2.03. The molecule has 2 heterocycles. The first-order valence-electron chi connectivity index (χ1n) is 4.45. The van der Waals surface area contributed by atoms with Crippen LogP contribution in [0.2, 0.25) is 0 Å². The van der Waals surface area contributed by atoms with Crippen LogP contribution in [0.15, 0.2) is 35.2 Å². The fraction of sp³-hybridized carbons (Fsp3) is 0.200. The largest absolute Gasteiger partial charge is 0.481 e. The summed E-state index contributed by atoms with van der Waals surface area (Å²) in [5.74, 6) is 0.633. The van der Waals surface area contributed by atoms with Gasteiger partial charge in [0.25, 0.3) is 0 Å². The van der Waals surface area contributed by atoms with Gasteiger partial charge in [-0.2, -0.15) is 5.10 Å². The monoisotopic (exact) mass is 267 g/mol. The Bertz CT molecular complexity index is 442. The molecule has 0 N–H and O–H groups in total. The fourth-order valence-electron chi connectivity index (χ4n) is 1.33. The van der Waals surface area contributed by atoms with Gasteiger partial charge in [0.05, 0.1) is 13.7 Å². The number of rotatable bonds is 3. The topological polar surface area (TPSA) is 39.9 Å². The van der Waals surface area contributed by atoms with Crippen molar-refractivity contribution in [1.29, 1.82) is 0 Å². The first-order valence-corrected chi connectivity index (χ1v) is 5.25. The van der Waals surface area contributed by atoms with Gasteiger partial charge in [-0.3, -0.25) is 4.68 Å². The van der Waals surface area contributed by atoms with E-state index >= 15 is 0 Å². The Morgan fingerprint density at radius 3 is 3.07 bits per heavy atom. The summed E-state index contributed by atoms with van der Waals surface area (Å²) in [6, 6.07) is 3.87. The molecular weight excluding hydrogens is 258 g/mol. The minimum Gasteiger partial charge on any atom is -0.481 e. The average Bonchev–Trinajstić information content (AvgIpc) is 2.71. The van der Waals surface area contributed by atoms with Gasteiger partial charge in [0.15, 0.2) is 0 Å². The summed E-state index contributed by atoms with van der Waals surface area (Å²) in [5, 5.41) is 4.13. The van der Waals surface area contributed by atoms with Crippen molar-refractivity contribution in [3.8, 4) is 5.88 Å². The van der Waals surface area contributed by atoms with Crippen molar-refractivity contribution < 1.29 is 4.74 Å². The number of methoxy groups -OCH3 is 1. The molecule has 0 atom stereocenters. The molecule has 0 aliphatic carbocycles. The Morgan fingerprint density at radius 2 is 2.40 bits per heavy atom. The third-order valence-corrected chi connectivity index (χ3v) is 2.41. The van der Waals surface area contributed by atoms with E-state index in [1.54, 1.807) is 19.5 Å². The molecule has 5 heteroatoms. The molecule has 0 aromatic carbocycles. The van der Waals surface area contributed by atoms with Crippen LogP contribution in [0.25, 0.3) is 0 Å². The van der Waals surface area contributed by atoms with Crippen LogP contribution >= 0.6 is 15.9 Å². The van der Waals surface area contributed by atoms with Crippen molar-refractivity contribution >= 4 is 15.9 Å². The Kier molecular flexibility index (Phi) is 3.01. The summed E-state index contributed by atoms with van der Waals surface area (Å²) < 4.78 is 7.94. The van der Waals surface area contributed by atoms with Crippen LogP contribution in [-0.2, 0) is 6.54 Å². The first-order chi connectivity index (χ1) is 7.29. The average molecular weight is 268 g/mol. The van der Waals surface area contributed by atoms with Crippen LogP contribution in [0.3, 0.4) is 0 Å². The highest BCUT2D eigenvalue weighted by atomic mass is 79.9. The molecule has 0 aliphatic rings. The zero-order valence-corrected chi connectivity index (χ0v) is 9.81. The lowest BCUT2D eigenvalue weighted by molar-refractivity contribution is 0.390. The van der Waals surface area contributed by atoms with E-state index in [1.807, 2.05) is 23.0 Å². The van der Waals surface area contributed by atoms with Gasteiger partial charge >= 0.3 is 0 Å². The first kappa shape index (κ1) is 10.2. The highest BCUT2D eigenvalue weighted by Gasteiger charge is 2.05. The van der Waals surface area contributed by atoms with Crippen molar-refractivity contribution in [2.75, 3.05) is 7.11 Å². The van der Waals surface area contributed by atoms with E-state index in [2.05, 4.69) is 26.0 Å². The zero-order chi connectivity index (χ0) is 10.7. The van der Waals surface area contributed by atoms with Gasteiger partial charge in [-0.15, -0.1) is 0 Å². The van der Waals surface area contributed by atoms with E-state index in [9.17, 15) is 0 Å². The normalized spacial score (nSPS) is 10.3. The second kappa shape index (κ2) is 4.44. The van der Waals surface area contributed by atoms with E-state index in [1.165, 1.54) is 0 Å². The summed E-state index contributed by atoms with van der Waals surface area (Å²) in [6.07, 6.45) is 5.36. The third-order valence-electron chi connectivity index (χ3n) is 1.98. The standard InChI is InChI=1S/C10H10BrN3O/c1-15-10-8(5-9(11)6-12-10)7-14-4-2-3-13-14/h2-6H,7H2,1H3. The van der Waals surface area contributed by atoms with Gasteiger partial charge in [0.2, 0.25) is 5.88 Å². The molecule has 78 valence electrons. The molecule has 0 aliphatic heterocycles. The van der Waals surface area contributed by atoms with Crippen molar-refractivity contribution in [1.82, 2.24) is 14.8 Å². The van der Waals surface area contributed by atoms with Gasteiger partial charge in [0, 0.05) is 28.6 Å². The van der Waals surface area contributed by atoms with Crippen molar-refractivity contribution in [3.63, 3.8) is 0 Å². The van der Waals surface area contributed by atoms with Crippen LogP contribution in [0, 0.1) is 0 Å². The molecule has 0 bridgehead atoms. The Balaban J connectivity index is 2.30. The second-order valence-corrected chi connectivity index (χ2v) is 3.94. The van der Waals surface area contributed by atoms with Gasteiger partial charge in [0.1, 0.15) is 0 Å². The number of hydrogen-bond acceptors (Lipinski definition) is 3. The van der Waals surface area contributed by atoms with Crippen LogP contribution < -0.4 is 4.74 Å². The predicted molar refractivity (Wildman–Crippen MR) is 59.8 cm³/mol. The van der Waals surface area contributed by atoms with Gasteiger partial charge in [-0.1, -0.05) is 0 Å². The van der Waals surface area contributed by atoms with Crippen LogP contribution in [0.5, 0.6) is 5.88 Å². The minimum absolute atomic E-state index is 0.633. The molecule has 0 unspecified atom stereocenters. The van der Waals surface area contributed by atoms with E-state index in [0.717, 1.165) is 10.0 Å². The van der Waals surface area contributed by atoms with E-state index in [4.69, 9.17) is 4.74 Å². The fourth-order valence-corrected chi connectivity index (χ4v) is 1.71. The molecule has 0 saturated carbocycles. The highest BCUT2D eigenvalue weighted by Crippen LogP contribution is 2.20. The van der Waals surface area contributed by atoms with E-state index < -0.39 is 0 Å². The lowest BCUT2D eigenvalue weighted by atomic mass is 10.3. The van der Waals surface area contributed by atoms with Gasteiger partial charge < -0.3 is 4.74 Å². The summed E-state index contributed by atoms with van der Waals surface area (Å²) in [4.78, 5) is 4.17. The second-order valence-electron chi connectivity index (χ2n) is 3.03. The summed E-state index contributed by atoms with van der Waals surface area (Å²) in [6.45, 7) is 0.655. The minimum atomic E-state index is 0.633. The maximum absolute atomic E-state index is 5.18. The van der Waals surface area contributed by atoms with Gasteiger partial charge in [-0.05, 0) is 28.1 Å². The lowest BCUT2D eigenvalue weighted by Gasteiger charge is -2.07. The summed E-state index contributed by atoms with van der Waals surface area (Å²) in [5.41, 5.74) is 0.996. The molecule has 0 radical (unpaired) electrons. The SMILES string of the molecule is COc1ncc(Br)cc1Cn1cccn1. The quantitative estimate of drug-likeness (QED) is 0.855. The number of halogens is 1. The van der Waals surface area contributed by atoms with Crippen molar-refractivity contribution in [2.24, 2.45) is 0 Å². The van der Waals surface area contributed by atoms with E-state index in [-0.39, 0.29) is 0 Å². The van der Waals surface area contributed by atoms with Crippen LogP contribution in [0.1, 0.15) is 5.56 Å². The molecule has 2 aromatic rings. The number of pyridine rings is 1. The summed E-state index contributed by atoms with van der Waals surface area (Å²) >= 11 is 3.38. The molecular formula is C10H10BrN3O. The van der Waals surface area contributed by atoms with Crippen LogP contribution in [-0.4, -0.2) is 21.9 Å². The molecule has 15 heavy (non-hydrogen) atoms. The van der Waals surface area contributed by atoms with Crippen molar-refractivity contribution in [3.05, 3.63) is 40.8 Å². The molecule has 0 saturated heterocycles. The molecule has 4 nitrogen and oxygen atoms in total.